The molecule has 1 heterocycles. The largest absolute Gasteiger partial charge is 0.489 e. The summed E-state index contributed by atoms with van der Waals surface area (Å²) in [5, 5.41) is 26.9. The van der Waals surface area contributed by atoms with Gasteiger partial charge in [0.1, 0.15) is 6.73 Å². The molecule has 0 unspecified atom stereocenters. The maximum atomic E-state index is 12.2. The number of anilines is 1. The molecule has 0 aliphatic rings. The fraction of sp³-hybridized carbons (Fsp3) is 0.310. The number of nitrogens with one attached hydrogen (secondary N) is 1. The summed E-state index contributed by atoms with van der Waals surface area (Å²) in [6.07, 6.45) is 1.26. The van der Waals surface area contributed by atoms with Crippen molar-refractivity contribution in [1.29, 1.82) is 0 Å². The Balaban J connectivity index is 0.000000371. The Kier molecular flexibility index (Phi) is 11.8. The van der Waals surface area contributed by atoms with E-state index in [2.05, 4.69) is 36.1 Å². The molecule has 0 aliphatic heterocycles. The van der Waals surface area contributed by atoms with Crippen LogP contribution in [0.1, 0.15) is 19.8 Å². The highest BCUT2D eigenvalue weighted by Crippen LogP contribution is 2.32. The van der Waals surface area contributed by atoms with Crippen molar-refractivity contribution in [3.05, 3.63) is 76.8 Å². The minimum Gasteiger partial charge on any atom is -0.423 e. The Labute approximate surface area is 247 Å². The molecule has 212 valence electrons. The molecular formula is C29H36BCl2N3O4Si. The van der Waals surface area contributed by atoms with E-state index in [4.69, 9.17) is 38.0 Å². The van der Waals surface area contributed by atoms with E-state index in [0.717, 1.165) is 34.5 Å². The van der Waals surface area contributed by atoms with Crippen LogP contribution >= 0.6 is 23.2 Å². The number of halogens is 2. The lowest BCUT2D eigenvalue weighted by atomic mass is 9.80. The number of rotatable bonds is 10. The van der Waals surface area contributed by atoms with E-state index in [-0.39, 0.29) is 5.91 Å². The highest BCUT2D eigenvalue weighted by molar-refractivity contribution is 6.76. The molecule has 0 saturated heterocycles. The summed E-state index contributed by atoms with van der Waals surface area (Å²) in [5.41, 5.74) is 3.21. The van der Waals surface area contributed by atoms with Crippen molar-refractivity contribution in [1.82, 2.24) is 9.78 Å². The smallest absolute Gasteiger partial charge is 0.423 e. The second-order valence-electron chi connectivity index (χ2n) is 10.6. The summed E-state index contributed by atoms with van der Waals surface area (Å²) in [5.74, 6) is 0.543. The van der Waals surface area contributed by atoms with Gasteiger partial charge in [0, 0.05) is 47.6 Å². The highest BCUT2D eigenvalue weighted by atomic mass is 35.5. The van der Waals surface area contributed by atoms with Gasteiger partial charge in [0.2, 0.25) is 5.91 Å². The molecule has 1 aromatic heterocycles. The Bertz CT molecular complexity index is 1430. The Hall–Kier alpha value is -2.66. The molecule has 0 fully saturated rings. The lowest BCUT2D eigenvalue weighted by Crippen LogP contribution is -2.30. The van der Waals surface area contributed by atoms with Gasteiger partial charge < -0.3 is 20.1 Å². The molecule has 0 atom stereocenters. The number of fused-ring (bicyclic) bond motifs is 1. The molecule has 0 bridgehead atoms. The molecule has 0 aliphatic carbocycles. The first-order chi connectivity index (χ1) is 19.0. The van der Waals surface area contributed by atoms with E-state index >= 15 is 0 Å². The number of hydrogen-bond acceptors (Lipinski definition) is 5. The van der Waals surface area contributed by atoms with Gasteiger partial charge in [0.05, 0.1) is 5.52 Å². The molecule has 0 radical (unpaired) electrons. The summed E-state index contributed by atoms with van der Waals surface area (Å²) in [4.78, 5) is 12.2. The zero-order chi connectivity index (χ0) is 29.3. The first kappa shape index (κ1) is 31.9. The molecule has 0 saturated carbocycles. The van der Waals surface area contributed by atoms with Crippen molar-refractivity contribution in [2.45, 2.75) is 52.2 Å². The lowest BCUT2D eigenvalue weighted by molar-refractivity contribution is -0.116. The van der Waals surface area contributed by atoms with Crippen LogP contribution in [0.2, 0.25) is 35.7 Å². The summed E-state index contributed by atoms with van der Waals surface area (Å²) >= 11 is 12.0. The van der Waals surface area contributed by atoms with Crippen LogP contribution in [0, 0.1) is 0 Å². The molecule has 3 aromatic carbocycles. The van der Waals surface area contributed by atoms with Crippen LogP contribution < -0.4 is 10.8 Å². The van der Waals surface area contributed by atoms with Gasteiger partial charge in [0.25, 0.3) is 0 Å². The van der Waals surface area contributed by atoms with Crippen molar-refractivity contribution < 1.29 is 19.6 Å². The van der Waals surface area contributed by atoms with Gasteiger partial charge in [0.15, 0.2) is 5.82 Å². The number of amides is 1. The third kappa shape index (κ3) is 9.19. The van der Waals surface area contributed by atoms with Crippen molar-refractivity contribution in [2.24, 2.45) is 0 Å². The summed E-state index contributed by atoms with van der Waals surface area (Å²) < 4.78 is 7.76. The van der Waals surface area contributed by atoms with E-state index in [0.29, 0.717) is 41.1 Å². The van der Waals surface area contributed by atoms with E-state index in [9.17, 15) is 4.79 Å². The van der Waals surface area contributed by atoms with Crippen molar-refractivity contribution in [3.8, 4) is 11.1 Å². The van der Waals surface area contributed by atoms with Gasteiger partial charge >= 0.3 is 7.12 Å². The minimum absolute atomic E-state index is 0.0288. The average Bonchev–Trinajstić information content (AvgIpc) is 3.23. The van der Waals surface area contributed by atoms with Crippen molar-refractivity contribution in [2.75, 3.05) is 11.9 Å². The van der Waals surface area contributed by atoms with Gasteiger partial charge in [-0.2, -0.15) is 5.10 Å². The van der Waals surface area contributed by atoms with Crippen LogP contribution in [0.3, 0.4) is 0 Å². The van der Waals surface area contributed by atoms with Gasteiger partial charge in [-0.25, -0.2) is 4.68 Å². The monoisotopic (exact) mass is 599 g/mol. The first-order valence-electron chi connectivity index (χ1n) is 13.2. The van der Waals surface area contributed by atoms with Crippen LogP contribution in [0.15, 0.2) is 66.7 Å². The normalized spacial score (nSPS) is 11.2. The van der Waals surface area contributed by atoms with E-state index in [1.165, 1.54) is 0 Å². The number of nitrogens with zero attached hydrogens (tertiary/aromatic N) is 2. The van der Waals surface area contributed by atoms with E-state index in [1.807, 2.05) is 48.0 Å². The SMILES string of the molecule is CCCC(=O)Nc1nn(COCC[Si](C)(C)C)c2cc(-c3ccccc3Cl)ccc12.OB(O)c1ccccc1Cl. The molecule has 11 heteroatoms. The third-order valence-electron chi connectivity index (χ3n) is 6.06. The molecule has 4 aromatic rings. The maximum absolute atomic E-state index is 12.2. The summed E-state index contributed by atoms with van der Waals surface area (Å²) in [6.45, 7) is 10.0. The number of hydrogen-bond donors (Lipinski definition) is 3. The summed E-state index contributed by atoms with van der Waals surface area (Å²) in [7, 11) is -2.64. The standard InChI is InChI=1S/C23H30ClN3O2Si.C6H6BClO2/c1-5-8-22(28)25-23-19-12-11-17(18-9-6-7-10-20(18)24)15-21(19)27(26-23)16-29-13-14-30(2,3)4;8-6-4-2-1-3-5(6)7(9)10/h6-7,9-12,15H,5,8,13-14,16H2,1-4H3,(H,25,26,28);1-4,9-10H. The predicted molar refractivity (Wildman–Crippen MR) is 169 cm³/mol. The molecular weight excluding hydrogens is 564 g/mol. The van der Waals surface area contributed by atoms with Gasteiger partial charge in [-0.05, 0) is 42.3 Å². The van der Waals surface area contributed by atoms with Crippen LogP contribution in [-0.4, -0.2) is 47.5 Å². The molecule has 40 heavy (non-hydrogen) atoms. The van der Waals surface area contributed by atoms with E-state index < -0.39 is 15.2 Å². The van der Waals surface area contributed by atoms with Gasteiger partial charge in [-0.1, -0.05) is 92.2 Å². The zero-order valence-corrected chi connectivity index (χ0v) is 25.8. The zero-order valence-electron chi connectivity index (χ0n) is 23.3. The molecule has 4 rings (SSSR count). The molecule has 1 amide bonds. The van der Waals surface area contributed by atoms with Gasteiger partial charge in [-0.3, -0.25) is 4.79 Å². The third-order valence-corrected chi connectivity index (χ3v) is 8.44. The van der Waals surface area contributed by atoms with Crippen LogP contribution in [0.25, 0.3) is 22.0 Å². The number of carbonyl (C=O) groups is 1. The second-order valence-corrected chi connectivity index (χ2v) is 17.0. The Morgan fingerprint density at radius 2 is 1.70 bits per heavy atom. The molecule has 7 nitrogen and oxygen atoms in total. The van der Waals surface area contributed by atoms with Crippen LogP contribution in [-0.2, 0) is 16.3 Å². The van der Waals surface area contributed by atoms with E-state index in [1.54, 1.807) is 24.3 Å². The number of ether oxygens (including phenoxy) is 1. The van der Waals surface area contributed by atoms with Crippen molar-refractivity contribution >= 4 is 66.5 Å². The number of aromatic nitrogens is 2. The Morgan fingerprint density at radius 3 is 2.30 bits per heavy atom. The van der Waals surface area contributed by atoms with Gasteiger partial charge in [-0.15, -0.1) is 0 Å². The lowest BCUT2D eigenvalue weighted by Gasteiger charge is -2.15. The molecule has 3 N–H and O–H groups in total. The number of carbonyl (C=O) groups excluding carboxylic acids is 1. The second kappa shape index (κ2) is 14.8. The minimum atomic E-state index is -1.48. The summed E-state index contributed by atoms with van der Waals surface area (Å²) in [6, 6.07) is 21.5. The predicted octanol–water partition coefficient (Wildman–Crippen LogP) is 6.43. The highest BCUT2D eigenvalue weighted by Gasteiger charge is 2.16. The van der Waals surface area contributed by atoms with Crippen LogP contribution in [0.4, 0.5) is 5.82 Å². The van der Waals surface area contributed by atoms with Crippen molar-refractivity contribution in [3.63, 3.8) is 0 Å². The fourth-order valence-electron chi connectivity index (χ4n) is 3.86. The quantitative estimate of drug-likeness (QED) is 0.144. The Morgan fingerprint density at radius 1 is 1.02 bits per heavy atom. The first-order valence-corrected chi connectivity index (χ1v) is 17.7. The molecule has 0 spiro atoms. The average molecular weight is 600 g/mol. The van der Waals surface area contributed by atoms with Crippen LogP contribution in [0.5, 0.6) is 0 Å². The fourth-order valence-corrected chi connectivity index (χ4v) is 5.10. The number of benzene rings is 3. The topological polar surface area (TPSA) is 96.6 Å². The maximum Gasteiger partial charge on any atom is 0.489 e.